The van der Waals surface area contributed by atoms with E-state index in [4.69, 9.17) is 10.00 Å². The summed E-state index contributed by atoms with van der Waals surface area (Å²) in [4.78, 5) is 4.13. The van der Waals surface area contributed by atoms with Crippen LogP contribution in [-0.2, 0) is 0 Å². The normalized spacial score (nSPS) is 11.5. The molecule has 1 unspecified atom stereocenters. The van der Waals surface area contributed by atoms with E-state index in [0.29, 0.717) is 0 Å². The van der Waals surface area contributed by atoms with Gasteiger partial charge in [-0.2, -0.15) is 5.26 Å². The van der Waals surface area contributed by atoms with Crippen molar-refractivity contribution < 1.29 is 4.74 Å². The highest BCUT2D eigenvalue weighted by Gasteiger charge is 2.11. The van der Waals surface area contributed by atoms with Gasteiger partial charge in [-0.1, -0.05) is 0 Å². The molecule has 5 heteroatoms. The van der Waals surface area contributed by atoms with Gasteiger partial charge in [-0.3, -0.25) is 0 Å². The van der Waals surface area contributed by atoms with E-state index >= 15 is 0 Å². The second-order valence-electron chi connectivity index (χ2n) is 3.35. The SMILES string of the molecule is COc1ccc(NC(C#N)c2cscn2)cc1. The van der Waals surface area contributed by atoms with Crippen LogP contribution in [0.3, 0.4) is 0 Å². The number of thiazole rings is 1. The Morgan fingerprint density at radius 3 is 2.71 bits per heavy atom. The van der Waals surface area contributed by atoms with Crippen LogP contribution in [0.5, 0.6) is 5.75 Å². The topological polar surface area (TPSA) is 57.9 Å². The average Bonchev–Trinajstić information content (AvgIpc) is 2.90. The highest BCUT2D eigenvalue weighted by molar-refractivity contribution is 7.07. The molecule has 1 heterocycles. The lowest BCUT2D eigenvalue weighted by atomic mass is 10.2. The third kappa shape index (κ3) is 2.74. The minimum Gasteiger partial charge on any atom is -0.497 e. The number of benzene rings is 1. The first-order valence-corrected chi connectivity index (χ1v) is 5.96. The van der Waals surface area contributed by atoms with Crippen LogP contribution in [-0.4, -0.2) is 12.1 Å². The summed E-state index contributed by atoms with van der Waals surface area (Å²) >= 11 is 1.48. The number of methoxy groups -OCH3 is 1. The lowest BCUT2D eigenvalue weighted by Crippen LogP contribution is -2.08. The number of nitrogens with one attached hydrogen (secondary N) is 1. The first kappa shape index (κ1) is 11.4. The zero-order valence-electron chi connectivity index (χ0n) is 9.25. The molecule has 0 amide bonds. The van der Waals surface area contributed by atoms with E-state index in [2.05, 4.69) is 16.4 Å². The van der Waals surface area contributed by atoms with Crippen molar-refractivity contribution in [2.75, 3.05) is 12.4 Å². The zero-order valence-corrected chi connectivity index (χ0v) is 10.1. The molecule has 0 aliphatic rings. The molecule has 1 aromatic carbocycles. The highest BCUT2D eigenvalue weighted by atomic mass is 32.1. The van der Waals surface area contributed by atoms with Crippen molar-refractivity contribution in [1.29, 1.82) is 5.26 Å². The van der Waals surface area contributed by atoms with Gasteiger partial charge in [0.2, 0.25) is 0 Å². The molecule has 0 saturated heterocycles. The molecule has 17 heavy (non-hydrogen) atoms. The average molecular weight is 245 g/mol. The Morgan fingerprint density at radius 2 is 2.18 bits per heavy atom. The second kappa shape index (κ2) is 5.32. The van der Waals surface area contributed by atoms with Gasteiger partial charge < -0.3 is 10.1 Å². The lowest BCUT2D eigenvalue weighted by Gasteiger charge is -2.11. The van der Waals surface area contributed by atoms with E-state index in [0.717, 1.165) is 17.1 Å². The Balaban J connectivity index is 2.11. The van der Waals surface area contributed by atoms with E-state index in [9.17, 15) is 0 Å². The van der Waals surface area contributed by atoms with E-state index in [1.165, 1.54) is 11.3 Å². The van der Waals surface area contributed by atoms with Gasteiger partial charge in [0.15, 0.2) is 6.04 Å². The number of hydrogen-bond donors (Lipinski definition) is 1. The predicted molar refractivity (Wildman–Crippen MR) is 67.1 cm³/mol. The second-order valence-corrected chi connectivity index (χ2v) is 4.07. The Hall–Kier alpha value is -2.06. The number of aromatic nitrogens is 1. The molecule has 2 rings (SSSR count). The molecule has 0 radical (unpaired) electrons. The summed E-state index contributed by atoms with van der Waals surface area (Å²) in [5.41, 5.74) is 3.33. The number of ether oxygens (including phenoxy) is 1. The van der Waals surface area contributed by atoms with Crippen LogP contribution >= 0.6 is 11.3 Å². The first-order chi connectivity index (χ1) is 8.33. The third-order valence-corrected chi connectivity index (χ3v) is 2.88. The molecule has 2 aromatic rings. The van der Waals surface area contributed by atoms with Crippen LogP contribution in [0.15, 0.2) is 35.2 Å². The standard InChI is InChI=1S/C12H11N3OS/c1-16-10-4-2-9(3-5-10)15-11(6-13)12-7-17-8-14-12/h2-5,7-8,11,15H,1H3. The van der Waals surface area contributed by atoms with Gasteiger partial charge >= 0.3 is 0 Å². The van der Waals surface area contributed by atoms with Crippen molar-refractivity contribution in [3.05, 3.63) is 40.8 Å². The number of rotatable bonds is 4. The van der Waals surface area contributed by atoms with E-state index in [-0.39, 0.29) is 0 Å². The van der Waals surface area contributed by atoms with Gasteiger partial charge in [0.05, 0.1) is 24.4 Å². The quantitative estimate of drug-likeness (QED) is 0.899. The lowest BCUT2D eigenvalue weighted by molar-refractivity contribution is 0.415. The van der Waals surface area contributed by atoms with Crippen LogP contribution in [0.25, 0.3) is 0 Å². The van der Waals surface area contributed by atoms with E-state index in [1.54, 1.807) is 12.6 Å². The van der Waals surface area contributed by atoms with E-state index < -0.39 is 6.04 Å². The fourth-order valence-electron chi connectivity index (χ4n) is 1.39. The molecule has 1 N–H and O–H groups in total. The number of nitrogens with zero attached hydrogens (tertiary/aromatic N) is 2. The molecular formula is C12H11N3OS. The van der Waals surface area contributed by atoms with Crippen LogP contribution in [0.4, 0.5) is 5.69 Å². The summed E-state index contributed by atoms with van der Waals surface area (Å²) in [6, 6.07) is 9.19. The molecule has 4 nitrogen and oxygen atoms in total. The predicted octanol–water partition coefficient (Wildman–Crippen LogP) is 2.83. The summed E-state index contributed by atoms with van der Waals surface area (Å²) in [6.45, 7) is 0. The molecular weight excluding hydrogens is 234 g/mol. The molecule has 0 spiro atoms. The maximum absolute atomic E-state index is 9.09. The van der Waals surface area contributed by atoms with Crippen molar-refractivity contribution in [1.82, 2.24) is 4.98 Å². The van der Waals surface area contributed by atoms with Gasteiger partial charge in [0, 0.05) is 11.1 Å². The third-order valence-electron chi connectivity index (χ3n) is 2.28. The number of hydrogen-bond acceptors (Lipinski definition) is 5. The van der Waals surface area contributed by atoms with Gasteiger partial charge in [-0.25, -0.2) is 4.98 Å². The Bertz CT molecular complexity index is 502. The molecule has 0 saturated carbocycles. The van der Waals surface area contributed by atoms with Crippen LogP contribution in [0.2, 0.25) is 0 Å². The van der Waals surface area contributed by atoms with Crippen molar-refractivity contribution in [2.24, 2.45) is 0 Å². The highest BCUT2D eigenvalue weighted by Crippen LogP contribution is 2.21. The molecule has 0 fully saturated rings. The minimum atomic E-state index is -0.422. The van der Waals surface area contributed by atoms with Crippen molar-refractivity contribution >= 4 is 17.0 Å². The van der Waals surface area contributed by atoms with Crippen molar-refractivity contribution in [3.63, 3.8) is 0 Å². The fraction of sp³-hybridized carbons (Fsp3) is 0.167. The Labute approximate surface area is 103 Å². The fourth-order valence-corrected chi connectivity index (χ4v) is 1.97. The summed E-state index contributed by atoms with van der Waals surface area (Å²) in [6.07, 6.45) is 0. The van der Waals surface area contributed by atoms with Crippen LogP contribution in [0.1, 0.15) is 11.7 Å². The molecule has 0 aliphatic carbocycles. The molecule has 0 bridgehead atoms. The maximum Gasteiger partial charge on any atom is 0.158 e. The zero-order chi connectivity index (χ0) is 12.1. The van der Waals surface area contributed by atoms with Crippen molar-refractivity contribution in [2.45, 2.75) is 6.04 Å². The van der Waals surface area contributed by atoms with Gasteiger partial charge in [-0.15, -0.1) is 11.3 Å². The number of anilines is 1. The Kier molecular flexibility index (Phi) is 3.58. The van der Waals surface area contributed by atoms with Gasteiger partial charge in [0.1, 0.15) is 5.75 Å². The summed E-state index contributed by atoms with van der Waals surface area (Å²) in [5.74, 6) is 0.790. The number of nitriles is 1. The minimum absolute atomic E-state index is 0.422. The molecule has 1 atom stereocenters. The van der Waals surface area contributed by atoms with Crippen LogP contribution in [0, 0.1) is 11.3 Å². The largest absolute Gasteiger partial charge is 0.497 e. The smallest absolute Gasteiger partial charge is 0.158 e. The molecule has 86 valence electrons. The van der Waals surface area contributed by atoms with Gasteiger partial charge in [-0.05, 0) is 24.3 Å². The maximum atomic E-state index is 9.09. The molecule has 0 aliphatic heterocycles. The van der Waals surface area contributed by atoms with Gasteiger partial charge in [0.25, 0.3) is 0 Å². The Morgan fingerprint density at radius 1 is 1.41 bits per heavy atom. The first-order valence-electron chi connectivity index (χ1n) is 5.02. The van der Waals surface area contributed by atoms with E-state index in [1.807, 2.05) is 29.6 Å². The molecule has 1 aromatic heterocycles. The van der Waals surface area contributed by atoms with Crippen LogP contribution < -0.4 is 10.1 Å². The summed E-state index contributed by atoms with van der Waals surface area (Å²) < 4.78 is 5.07. The monoisotopic (exact) mass is 245 g/mol. The summed E-state index contributed by atoms with van der Waals surface area (Å²) in [7, 11) is 1.62. The van der Waals surface area contributed by atoms with Crippen molar-refractivity contribution in [3.8, 4) is 11.8 Å². The summed E-state index contributed by atoms with van der Waals surface area (Å²) in [5, 5.41) is 14.1.